The highest BCUT2D eigenvalue weighted by Crippen LogP contribution is 2.25. The lowest BCUT2D eigenvalue weighted by Crippen LogP contribution is -2.23. The standard InChI is InChI=1S/C7H14F3NO/c1-12-3-2-6(5-11)4-7(8,9)10/h6H,2-5,11H2,1H3/t6-/m1/s1. The van der Waals surface area contributed by atoms with Gasteiger partial charge in [0.25, 0.3) is 0 Å². The Kier molecular flexibility index (Phi) is 5.24. The molecular weight excluding hydrogens is 171 g/mol. The van der Waals surface area contributed by atoms with E-state index in [0.29, 0.717) is 13.0 Å². The van der Waals surface area contributed by atoms with E-state index in [1.165, 1.54) is 7.11 Å². The molecule has 0 rings (SSSR count). The van der Waals surface area contributed by atoms with Crippen LogP contribution in [-0.2, 0) is 4.74 Å². The van der Waals surface area contributed by atoms with Crippen LogP contribution in [0.3, 0.4) is 0 Å². The predicted molar refractivity (Wildman–Crippen MR) is 39.7 cm³/mol. The van der Waals surface area contributed by atoms with Gasteiger partial charge in [-0.2, -0.15) is 13.2 Å². The number of rotatable bonds is 5. The highest BCUT2D eigenvalue weighted by molar-refractivity contribution is 4.64. The molecule has 0 aromatic heterocycles. The van der Waals surface area contributed by atoms with Gasteiger partial charge in [-0.1, -0.05) is 0 Å². The summed E-state index contributed by atoms with van der Waals surface area (Å²) in [6.45, 7) is 0.390. The van der Waals surface area contributed by atoms with Crippen molar-refractivity contribution < 1.29 is 17.9 Å². The van der Waals surface area contributed by atoms with Crippen LogP contribution in [0.5, 0.6) is 0 Å². The molecule has 0 amide bonds. The molecule has 0 saturated carbocycles. The molecule has 0 radical (unpaired) electrons. The second-order valence-electron chi connectivity index (χ2n) is 2.70. The molecule has 0 saturated heterocycles. The quantitative estimate of drug-likeness (QED) is 0.705. The molecule has 12 heavy (non-hydrogen) atoms. The van der Waals surface area contributed by atoms with Crippen LogP contribution in [0.4, 0.5) is 13.2 Å². The van der Waals surface area contributed by atoms with Gasteiger partial charge in [0.2, 0.25) is 0 Å². The van der Waals surface area contributed by atoms with Gasteiger partial charge in [0, 0.05) is 20.1 Å². The van der Waals surface area contributed by atoms with Gasteiger partial charge < -0.3 is 10.5 Å². The maximum atomic E-state index is 11.8. The molecule has 0 unspecified atom stereocenters. The molecule has 0 fully saturated rings. The minimum absolute atomic E-state index is 0.0584. The van der Waals surface area contributed by atoms with Crippen LogP contribution in [-0.4, -0.2) is 26.4 Å². The van der Waals surface area contributed by atoms with E-state index in [2.05, 4.69) is 4.74 Å². The third-order valence-corrected chi connectivity index (χ3v) is 1.58. The Balaban J connectivity index is 3.67. The van der Waals surface area contributed by atoms with Crippen molar-refractivity contribution in [3.8, 4) is 0 Å². The monoisotopic (exact) mass is 185 g/mol. The Bertz CT molecular complexity index is 116. The zero-order chi connectivity index (χ0) is 9.61. The minimum atomic E-state index is -4.11. The number of nitrogens with two attached hydrogens (primary N) is 1. The normalized spacial score (nSPS) is 14.8. The van der Waals surface area contributed by atoms with Crippen LogP contribution >= 0.6 is 0 Å². The molecule has 0 aliphatic rings. The van der Waals surface area contributed by atoms with Gasteiger partial charge in [-0.15, -0.1) is 0 Å². The number of alkyl halides is 3. The molecule has 2 nitrogen and oxygen atoms in total. The fraction of sp³-hybridized carbons (Fsp3) is 1.00. The SMILES string of the molecule is COCC[C@@H](CN)CC(F)(F)F. The van der Waals surface area contributed by atoms with Crippen molar-refractivity contribution in [1.29, 1.82) is 0 Å². The molecule has 5 heteroatoms. The number of halogens is 3. The van der Waals surface area contributed by atoms with Gasteiger partial charge >= 0.3 is 6.18 Å². The lowest BCUT2D eigenvalue weighted by atomic mass is 10.0. The van der Waals surface area contributed by atoms with Crippen LogP contribution in [0.2, 0.25) is 0 Å². The smallest absolute Gasteiger partial charge is 0.385 e. The van der Waals surface area contributed by atoms with Crippen LogP contribution in [0.25, 0.3) is 0 Å². The third kappa shape index (κ3) is 6.42. The zero-order valence-electron chi connectivity index (χ0n) is 7.03. The molecule has 0 heterocycles. The van der Waals surface area contributed by atoms with Crippen molar-refractivity contribution >= 4 is 0 Å². The van der Waals surface area contributed by atoms with Crippen LogP contribution < -0.4 is 5.73 Å². The average molecular weight is 185 g/mol. The second kappa shape index (κ2) is 5.37. The Morgan fingerprint density at radius 3 is 2.33 bits per heavy atom. The topological polar surface area (TPSA) is 35.2 Å². The first-order chi connectivity index (χ1) is 5.49. The average Bonchev–Trinajstić information content (AvgIpc) is 1.95. The summed E-state index contributed by atoms with van der Waals surface area (Å²) in [7, 11) is 1.46. The molecule has 0 spiro atoms. The number of ether oxygens (including phenoxy) is 1. The summed E-state index contributed by atoms with van der Waals surface area (Å²) in [4.78, 5) is 0. The molecule has 0 aliphatic heterocycles. The van der Waals surface area contributed by atoms with E-state index in [1.807, 2.05) is 0 Å². The van der Waals surface area contributed by atoms with Gasteiger partial charge in [-0.05, 0) is 18.9 Å². The van der Waals surface area contributed by atoms with E-state index >= 15 is 0 Å². The summed E-state index contributed by atoms with van der Waals surface area (Å²) in [6.07, 6.45) is -4.56. The largest absolute Gasteiger partial charge is 0.389 e. The highest BCUT2D eigenvalue weighted by atomic mass is 19.4. The van der Waals surface area contributed by atoms with E-state index in [4.69, 9.17) is 5.73 Å². The van der Waals surface area contributed by atoms with Crippen molar-refractivity contribution in [2.24, 2.45) is 11.7 Å². The summed E-state index contributed by atoms with van der Waals surface area (Å²) >= 11 is 0. The predicted octanol–water partition coefficient (Wildman–Crippen LogP) is 1.55. The molecular formula is C7H14F3NO. The first-order valence-corrected chi connectivity index (χ1v) is 3.75. The Morgan fingerprint density at radius 1 is 1.42 bits per heavy atom. The fourth-order valence-corrected chi connectivity index (χ4v) is 0.915. The Hall–Kier alpha value is -0.290. The van der Waals surface area contributed by atoms with E-state index < -0.39 is 18.5 Å². The molecule has 74 valence electrons. The lowest BCUT2D eigenvalue weighted by Gasteiger charge is -2.15. The summed E-state index contributed by atoms with van der Waals surface area (Å²) in [6, 6.07) is 0. The highest BCUT2D eigenvalue weighted by Gasteiger charge is 2.30. The summed E-state index contributed by atoms with van der Waals surface area (Å²) in [5, 5.41) is 0. The van der Waals surface area contributed by atoms with Gasteiger partial charge in [0.05, 0.1) is 0 Å². The van der Waals surface area contributed by atoms with E-state index in [0.717, 1.165) is 0 Å². The Labute approximate surface area is 69.9 Å². The molecule has 0 aromatic carbocycles. The van der Waals surface area contributed by atoms with Gasteiger partial charge in [0.1, 0.15) is 0 Å². The molecule has 0 bridgehead atoms. The van der Waals surface area contributed by atoms with Gasteiger partial charge in [-0.3, -0.25) is 0 Å². The van der Waals surface area contributed by atoms with E-state index in [9.17, 15) is 13.2 Å². The summed E-state index contributed by atoms with van der Waals surface area (Å²) in [5.74, 6) is -0.509. The van der Waals surface area contributed by atoms with Crippen molar-refractivity contribution in [2.45, 2.75) is 19.0 Å². The van der Waals surface area contributed by atoms with Gasteiger partial charge in [-0.25, -0.2) is 0 Å². The van der Waals surface area contributed by atoms with Crippen LogP contribution in [0, 0.1) is 5.92 Å². The third-order valence-electron chi connectivity index (χ3n) is 1.58. The second-order valence-corrected chi connectivity index (χ2v) is 2.70. The van der Waals surface area contributed by atoms with Crippen LogP contribution in [0.1, 0.15) is 12.8 Å². The fourth-order valence-electron chi connectivity index (χ4n) is 0.915. The van der Waals surface area contributed by atoms with Crippen molar-refractivity contribution in [2.75, 3.05) is 20.3 Å². The molecule has 0 aromatic rings. The van der Waals surface area contributed by atoms with Gasteiger partial charge in [0.15, 0.2) is 0 Å². The van der Waals surface area contributed by atoms with Crippen LogP contribution in [0.15, 0.2) is 0 Å². The summed E-state index contributed by atoms with van der Waals surface area (Å²) in [5.41, 5.74) is 5.17. The summed E-state index contributed by atoms with van der Waals surface area (Å²) < 4.78 is 40.1. The minimum Gasteiger partial charge on any atom is -0.385 e. The maximum absolute atomic E-state index is 11.8. The first-order valence-electron chi connectivity index (χ1n) is 3.75. The van der Waals surface area contributed by atoms with Crippen molar-refractivity contribution in [3.63, 3.8) is 0 Å². The molecule has 2 N–H and O–H groups in total. The molecule has 0 aliphatic carbocycles. The van der Waals surface area contributed by atoms with Crippen molar-refractivity contribution in [3.05, 3.63) is 0 Å². The zero-order valence-corrected chi connectivity index (χ0v) is 7.03. The van der Waals surface area contributed by atoms with E-state index in [-0.39, 0.29) is 6.54 Å². The number of hydrogen-bond acceptors (Lipinski definition) is 2. The number of hydrogen-bond donors (Lipinski definition) is 1. The van der Waals surface area contributed by atoms with E-state index in [1.54, 1.807) is 0 Å². The van der Waals surface area contributed by atoms with Crippen molar-refractivity contribution in [1.82, 2.24) is 0 Å². The Morgan fingerprint density at radius 2 is 2.00 bits per heavy atom. The first kappa shape index (κ1) is 11.7. The lowest BCUT2D eigenvalue weighted by molar-refractivity contribution is -0.144. The molecule has 1 atom stereocenters. The number of methoxy groups -OCH3 is 1. The maximum Gasteiger partial charge on any atom is 0.389 e.